The molecule has 5 heteroatoms. The highest BCUT2D eigenvalue weighted by molar-refractivity contribution is 6.88. The van der Waals surface area contributed by atoms with Gasteiger partial charge in [0, 0.05) is 0 Å². The zero-order chi connectivity index (χ0) is 13.1. The summed E-state index contributed by atoms with van der Waals surface area (Å²) in [5.41, 5.74) is 0. The van der Waals surface area contributed by atoms with E-state index in [1.807, 2.05) is 0 Å². The summed E-state index contributed by atoms with van der Waals surface area (Å²) in [5.74, 6) is 0. The van der Waals surface area contributed by atoms with Crippen LogP contribution >= 0.6 is 0 Å². The van der Waals surface area contributed by atoms with Crippen molar-refractivity contribution < 1.29 is 0 Å². The summed E-state index contributed by atoms with van der Waals surface area (Å²) in [6, 6.07) is 0. The molecule has 0 spiro atoms. The average Bonchev–Trinajstić information content (AvgIpc) is 2.12. The quantitative estimate of drug-likeness (QED) is 0.679. The normalized spacial score (nSPS) is 14.2. The minimum atomic E-state index is -1.44. The Morgan fingerprint density at radius 2 is 1.06 bits per heavy atom. The van der Waals surface area contributed by atoms with Gasteiger partial charge in [0.15, 0.2) is 16.8 Å². The first-order chi connectivity index (χ1) is 7.08. The van der Waals surface area contributed by atoms with E-state index in [-0.39, 0.29) is 0 Å². The third kappa shape index (κ3) is 3.40. The minimum Gasteiger partial charge on any atom is -0.322 e. The van der Waals surface area contributed by atoms with Gasteiger partial charge in [-0.15, -0.1) is 0 Å². The lowest BCUT2D eigenvalue weighted by Crippen LogP contribution is -2.72. The SMILES string of the molecule is CCCN([Si](C)(C)N(C)C)[Si](C)(C)N(C)C. The summed E-state index contributed by atoms with van der Waals surface area (Å²) in [6.07, 6.45) is 1.24. The summed E-state index contributed by atoms with van der Waals surface area (Å²) >= 11 is 0. The van der Waals surface area contributed by atoms with Gasteiger partial charge in [0.05, 0.1) is 0 Å². The Balaban J connectivity index is 5.15. The molecule has 98 valence electrons. The number of hydrogen-bond donors (Lipinski definition) is 0. The molecule has 0 rings (SSSR count). The maximum Gasteiger partial charge on any atom is 0.194 e. The maximum absolute atomic E-state index is 2.83. The molecule has 0 atom stereocenters. The predicted molar refractivity (Wildman–Crippen MR) is 79.3 cm³/mol. The second kappa shape index (κ2) is 5.77. The van der Waals surface area contributed by atoms with E-state index in [9.17, 15) is 0 Å². The van der Waals surface area contributed by atoms with Crippen LogP contribution in [-0.2, 0) is 0 Å². The molecule has 0 aliphatic heterocycles. The molecule has 0 saturated heterocycles. The van der Waals surface area contributed by atoms with E-state index in [4.69, 9.17) is 0 Å². The summed E-state index contributed by atoms with van der Waals surface area (Å²) in [7, 11) is 6.04. The van der Waals surface area contributed by atoms with E-state index < -0.39 is 16.8 Å². The molecular formula is C11H31N3Si2. The van der Waals surface area contributed by atoms with Crippen molar-refractivity contribution in [3.63, 3.8) is 0 Å². The Morgan fingerprint density at radius 3 is 1.25 bits per heavy atom. The molecule has 0 aliphatic carbocycles. The van der Waals surface area contributed by atoms with Crippen LogP contribution in [0, 0.1) is 0 Å². The van der Waals surface area contributed by atoms with Crippen molar-refractivity contribution in [2.45, 2.75) is 39.5 Å². The molecule has 0 amide bonds. The third-order valence-corrected chi connectivity index (χ3v) is 14.7. The molecule has 16 heavy (non-hydrogen) atoms. The van der Waals surface area contributed by atoms with Crippen LogP contribution in [0.15, 0.2) is 0 Å². The number of nitrogens with zero attached hydrogens (tertiary/aromatic N) is 3. The molecule has 0 saturated carbocycles. The molecular weight excluding hydrogens is 230 g/mol. The van der Waals surface area contributed by atoms with Gasteiger partial charge in [0.25, 0.3) is 0 Å². The standard InChI is InChI=1S/C11H31N3Si2/c1-10-11-14(15(6,7)12(2)3)16(8,9)13(4)5/h10-11H2,1-9H3. The third-order valence-electron chi connectivity index (χ3n) is 3.96. The lowest BCUT2D eigenvalue weighted by molar-refractivity contribution is 0.447. The molecule has 0 aromatic carbocycles. The Bertz CT molecular complexity index is 195. The lowest BCUT2D eigenvalue weighted by Gasteiger charge is -2.51. The fourth-order valence-corrected chi connectivity index (χ4v) is 11.0. The molecule has 0 aromatic heterocycles. The van der Waals surface area contributed by atoms with Gasteiger partial charge in [-0.2, -0.15) is 0 Å². The summed E-state index contributed by atoms with van der Waals surface area (Å²) in [6.45, 7) is 13.4. The van der Waals surface area contributed by atoms with Crippen LogP contribution in [0.4, 0.5) is 0 Å². The van der Waals surface area contributed by atoms with Gasteiger partial charge in [0.1, 0.15) is 0 Å². The van der Waals surface area contributed by atoms with Gasteiger partial charge in [0.2, 0.25) is 0 Å². The molecule has 0 unspecified atom stereocenters. The van der Waals surface area contributed by atoms with Crippen LogP contribution in [0.1, 0.15) is 13.3 Å². The largest absolute Gasteiger partial charge is 0.322 e. The minimum absolute atomic E-state index is 1.23. The molecule has 3 nitrogen and oxygen atoms in total. The van der Waals surface area contributed by atoms with Crippen molar-refractivity contribution in [1.82, 2.24) is 13.4 Å². The Kier molecular flexibility index (Phi) is 5.89. The second-order valence-electron chi connectivity index (χ2n) is 5.93. The topological polar surface area (TPSA) is 9.72 Å². The van der Waals surface area contributed by atoms with Gasteiger partial charge >= 0.3 is 0 Å². The van der Waals surface area contributed by atoms with E-state index in [0.29, 0.717) is 0 Å². The smallest absolute Gasteiger partial charge is 0.194 e. The van der Waals surface area contributed by atoms with Crippen molar-refractivity contribution >= 4 is 16.8 Å². The van der Waals surface area contributed by atoms with Gasteiger partial charge in [-0.05, 0) is 67.3 Å². The first-order valence-corrected chi connectivity index (χ1v) is 12.0. The fraction of sp³-hybridized carbons (Fsp3) is 1.00. The highest BCUT2D eigenvalue weighted by Gasteiger charge is 2.43. The summed E-state index contributed by atoms with van der Waals surface area (Å²) in [4.78, 5) is 0. The zero-order valence-electron chi connectivity index (χ0n) is 12.8. The van der Waals surface area contributed by atoms with Crippen molar-refractivity contribution in [2.75, 3.05) is 34.7 Å². The first kappa shape index (κ1) is 16.3. The van der Waals surface area contributed by atoms with Crippen LogP contribution in [-0.4, -0.2) is 64.9 Å². The Labute approximate surface area is 105 Å². The van der Waals surface area contributed by atoms with Crippen LogP contribution in [0.3, 0.4) is 0 Å². The van der Waals surface area contributed by atoms with E-state index >= 15 is 0 Å². The van der Waals surface area contributed by atoms with Crippen LogP contribution in [0.5, 0.6) is 0 Å². The molecule has 0 fully saturated rings. The molecule has 0 heterocycles. The first-order valence-electron chi connectivity index (χ1n) is 6.21. The van der Waals surface area contributed by atoms with E-state index in [1.54, 1.807) is 0 Å². The van der Waals surface area contributed by atoms with Crippen LogP contribution in [0.2, 0.25) is 26.2 Å². The van der Waals surface area contributed by atoms with E-state index in [1.165, 1.54) is 13.0 Å². The lowest BCUT2D eigenvalue weighted by atomic mass is 10.5. The van der Waals surface area contributed by atoms with Gasteiger partial charge in [-0.3, -0.25) is 0 Å². The number of rotatable bonds is 6. The van der Waals surface area contributed by atoms with Crippen molar-refractivity contribution in [3.05, 3.63) is 0 Å². The average molecular weight is 262 g/mol. The highest BCUT2D eigenvalue weighted by atomic mass is 28.4. The molecule has 0 radical (unpaired) electrons. The van der Waals surface area contributed by atoms with Crippen LogP contribution < -0.4 is 0 Å². The van der Waals surface area contributed by atoms with E-state index in [0.717, 1.165) is 0 Å². The molecule has 0 N–H and O–H groups in total. The highest BCUT2D eigenvalue weighted by Crippen LogP contribution is 2.23. The van der Waals surface area contributed by atoms with Gasteiger partial charge in [-0.25, -0.2) is 0 Å². The van der Waals surface area contributed by atoms with Crippen molar-refractivity contribution in [1.29, 1.82) is 0 Å². The molecule has 0 bridgehead atoms. The zero-order valence-corrected chi connectivity index (χ0v) is 14.8. The molecule has 0 aliphatic rings. The maximum atomic E-state index is 2.83. The monoisotopic (exact) mass is 261 g/mol. The summed E-state index contributed by atoms with van der Waals surface area (Å²) in [5, 5.41) is 0. The van der Waals surface area contributed by atoms with Crippen LogP contribution in [0.25, 0.3) is 0 Å². The Morgan fingerprint density at radius 1 is 0.750 bits per heavy atom. The number of hydrogen-bond acceptors (Lipinski definition) is 3. The van der Waals surface area contributed by atoms with Crippen molar-refractivity contribution in [2.24, 2.45) is 0 Å². The second-order valence-corrected chi connectivity index (χ2v) is 15.2. The Hall–Kier alpha value is 0.314. The summed E-state index contributed by atoms with van der Waals surface area (Å²) < 4.78 is 7.75. The van der Waals surface area contributed by atoms with E-state index in [2.05, 4.69) is 74.7 Å². The predicted octanol–water partition coefficient (Wildman–Crippen LogP) is 2.23. The fourth-order valence-electron chi connectivity index (χ4n) is 1.92. The molecule has 0 aromatic rings. The van der Waals surface area contributed by atoms with Gasteiger partial charge in [-0.1, -0.05) is 6.92 Å². The van der Waals surface area contributed by atoms with Crippen molar-refractivity contribution in [3.8, 4) is 0 Å². The van der Waals surface area contributed by atoms with Gasteiger partial charge < -0.3 is 13.4 Å².